The predicted octanol–water partition coefficient (Wildman–Crippen LogP) is 1.06. The predicted molar refractivity (Wildman–Crippen MR) is 77.4 cm³/mol. The van der Waals surface area contributed by atoms with E-state index in [9.17, 15) is 4.79 Å². The average Bonchev–Trinajstić information content (AvgIpc) is 3.03. The molecule has 2 heterocycles. The molecule has 0 aliphatic carbocycles. The van der Waals surface area contributed by atoms with E-state index in [0.29, 0.717) is 17.0 Å². The molecule has 0 saturated heterocycles. The van der Waals surface area contributed by atoms with E-state index in [1.807, 2.05) is 19.4 Å². The van der Waals surface area contributed by atoms with Gasteiger partial charge in [-0.1, -0.05) is 11.8 Å². The summed E-state index contributed by atoms with van der Waals surface area (Å²) in [7, 11) is 1.86. The van der Waals surface area contributed by atoms with Crippen LogP contribution in [-0.4, -0.2) is 27.4 Å². The smallest absolute Gasteiger partial charge is 0.262 e. The Hall–Kier alpha value is -2.10. The van der Waals surface area contributed by atoms with Gasteiger partial charge < -0.3 is 10.4 Å². The highest BCUT2D eigenvalue weighted by Gasteiger charge is 2.12. The molecule has 0 aromatic carbocycles. The molecule has 20 heavy (non-hydrogen) atoms. The number of aromatic nitrogens is 2. The van der Waals surface area contributed by atoms with Crippen molar-refractivity contribution in [2.75, 3.05) is 6.61 Å². The standard InChI is InChI=1S/C14H15N3O2S/c1-10-12(9-16-17(10)2)8-15-14(19)13-11(4-3-6-18)5-7-20-13/h5,7,9,18H,6,8H2,1-2H3,(H,15,19). The minimum absolute atomic E-state index is 0.162. The van der Waals surface area contributed by atoms with Gasteiger partial charge in [-0.05, 0) is 18.4 Å². The van der Waals surface area contributed by atoms with E-state index in [4.69, 9.17) is 5.11 Å². The number of aliphatic hydroxyl groups excluding tert-OH is 1. The lowest BCUT2D eigenvalue weighted by atomic mass is 10.2. The fourth-order valence-electron chi connectivity index (χ4n) is 1.69. The number of aliphatic hydroxyl groups is 1. The Morgan fingerprint density at radius 3 is 3.05 bits per heavy atom. The monoisotopic (exact) mass is 289 g/mol. The second-order valence-corrected chi connectivity index (χ2v) is 5.10. The molecule has 0 unspecified atom stereocenters. The number of nitrogens with zero attached hydrogens (tertiary/aromatic N) is 2. The molecular formula is C14H15N3O2S. The van der Waals surface area contributed by atoms with Crippen molar-refractivity contribution in [3.05, 3.63) is 39.3 Å². The first kappa shape index (κ1) is 14.3. The number of hydrogen-bond acceptors (Lipinski definition) is 4. The molecule has 6 heteroatoms. The van der Waals surface area contributed by atoms with Crippen molar-refractivity contribution >= 4 is 17.2 Å². The van der Waals surface area contributed by atoms with Gasteiger partial charge in [0, 0.05) is 30.4 Å². The number of carbonyl (C=O) groups is 1. The van der Waals surface area contributed by atoms with Gasteiger partial charge in [0.1, 0.15) is 11.5 Å². The van der Waals surface area contributed by atoms with Crippen molar-refractivity contribution in [3.63, 3.8) is 0 Å². The minimum Gasteiger partial charge on any atom is -0.384 e. The van der Waals surface area contributed by atoms with Crippen molar-refractivity contribution in [3.8, 4) is 11.8 Å². The third-order valence-electron chi connectivity index (χ3n) is 2.95. The molecule has 2 aromatic rings. The third-order valence-corrected chi connectivity index (χ3v) is 3.86. The molecule has 0 bridgehead atoms. The van der Waals surface area contributed by atoms with Crippen LogP contribution in [0.25, 0.3) is 0 Å². The molecule has 2 aromatic heterocycles. The first-order valence-corrected chi connectivity index (χ1v) is 6.94. The highest BCUT2D eigenvalue weighted by molar-refractivity contribution is 7.12. The molecule has 0 aliphatic rings. The van der Waals surface area contributed by atoms with Crippen LogP contribution in [0.5, 0.6) is 0 Å². The van der Waals surface area contributed by atoms with Crippen LogP contribution in [0.2, 0.25) is 0 Å². The number of nitrogens with one attached hydrogen (secondary N) is 1. The largest absolute Gasteiger partial charge is 0.384 e. The minimum atomic E-state index is -0.216. The molecule has 0 spiro atoms. The maximum atomic E-state index is 12.1. The van der Waals surface area contributed by atoms with E-state index < -0.39 is 0 Å². The molecule has 5 nitrogen and oxygen atoms in total. The second-order valence-electron chi connectivity index (χ2n) is 4.18. The number of aryl methyl sites for hydroxylation is 1. The number of thiophene rings is 1. The maximum absolute atomic E-state index is 12.1. The van der Waals surface area contributed by atoms with Crippen molar-refractivity contribution in [2.24, 2.45) is 7.05 Å². The Kier molecular flexibility index (Phi) is 4.56. The summed E-state index contributed by atoms with van der Waals surface area (Å²) in [5.41, 5.74) is 2.65. The van der Waals surface area contributed by atoms with Crippen LogP contribution in [0, 0.1) is 18.8 Å². The summed E-state index contributed by atoms with van der Waals surface area (Å²) < 4.78 is 1.77. The molecule has 1 amide bonds. The van der Waals surface area contributed by atoms with Gasteiger partial charge in [0.25, 0.3) is 5.91 Å². The molecule has 2 rings (SSSR count). The summed E-state index contributed by atoms with van der Waals surface area (Å²) in [6.07, 6.45) is 1.75. The summed E-state index contributed by atoms with van der Waals surface area (Å²) in [5.74, 6) is 5.16. The number of amides is 1. The van der Waals surface area contributed by atoms with Gasteiger partial charge in [0.05, 0.1) is 6.20 Å². The lowest BCUT2D eigenvalue weighted by molar-refractivity contribution is 0.0954. The van der Waals surface area contributed by atoms with Crippen molar-refractivity contribution < 1.29 is 9.90 Å². The number of carbonyl (C=O) groups excluding carboxylic acids is 1. The summed E-state index contributed by atoms with van der Waals surface area (Å²) in [6, 6.07) is 1.78. The van der Waals surface area contributed by atoms with Crippen LogP contribution < -0.4 is 5.32 Å². The zero-order valence-corrected chi connectivity index (χ0v) is 12.1. The highest BCUT2D eigenvalue weighted by atomic mass is 32.1. The quantitative estimate of drug-likeness (QED) is 0.830. The van der Waals surface area contributed by atoms with Gasteiger partial charge in [0.15, 0.2) is 0 Å². The molecule has 0 radical (unpaired) electrons. The first-order chi connectivity index (χ1) is 9.63. The Bertz CT molecular complexity index is 676. The van der Waals surface area contributed by atoms with Crippen LogP contribution in [0.3, 0.4) is 0 Å². The van der Waals surface area contributed by atoms with Crippen LogP contribution in [-0.2, 0) is 13.6 Å². The Balaban J connectivity index is 2.06. The fraction of sp³-hybridized carbons (Fsp3) is 0.286. The van der Waals surface area contributed by atoms with Crippen molar-refractivity contribution in [1.29, 1.82) is 0 Å². The van der Waals surface area contributed by atoms with Crippen LogP contribution >= 0.6 is 11.3 Å². The van der Waals surface area contributed by atoms with E-state index in [1.54, 1.807) is 16.9 Å². The lowest BCUT2D eigenvalue weighted by Gasteiger charge is -2.04. The average molecular weight is 289 g/mol. The summed E-state index contributed by atoms with van der Waals surface area (Å²) in [6.45, 7) is 2.17. The van der Waals surface area contributed by atoms with Gasteiger partial charge in [-0.2, -0.15) is 5.10 Å². The molecule has 2 N–H and O–H groups in total. The van der Waals surface area contributed by atoms with Crippen LogP contribution in [0.4, 0.5) is 0 Å². The summed E-state index contributed by atoms with van der Waals surface area (Å²) >= 11 is 1.34. The van der Waals surface area contributed by atoms with E-state index in [2.05, 4.69) is 22.3 Å². The van der Waals surface area contributed by atoms with E-state index >= 15 is 0 Å². The first-order valence-electron chi connectivity index (χ1n) is 6.06. The zero-order chi connectivity index (χ0) is 14.5. The van der Waals surface area contributed by atoms with Gasteiger partial charge in [-0.3, -0.25) is 9.48 Å². The Labute approximate surface area is 121 Å². The topological polar surface area (TPSA) is 67.2 Å². The highest BCUT2D eigenvalue weighted by Crippen LogP contribution is 2.16. The summed E-state index contributed by atoms with van der Waals surface area (Å²) in [4.78, 5) is 12.7. The summed E-state index contributed by atoms with van der Waals surface area (Å²) in [5, 5.41) is 17.5. The third kappa shape index (κ3) is 3.07. The van der Waals surface area contributed by atoms with Gasteiger partial charge in [-0.15, -0.1) is 11.3 Å². The normalized spacial score (nSPS) is 9.95. The van der Waals surface area contributed by atoms with E-state index in [0.717, 1.165) is 11.3 Å². The second kappa shape index (κ2) is 6.37. The number of hydrogen-bond donors (Lipinski definition) is 2. The van der Waals surface area contributed by atoms with Gasteiger partial charge in [-0.25, -0.2) is 0 Å². The fourth-order valence-corrected chi connectivity index (χ4v) is 2.46. The van der Waals surface area contributed by atoms with Crippen molar-refractivity contribution in [1.82, 2.24) is 15.1 Å². The maximum Gasteiger partial charge on any atom is 0.262 e. The van der Waals surface area contributed by atoms with Gasteiger partial charge >= 0.3 is 0 Å². The molecule has 0 saturated carbocycles. The lowest BCUT2D eigenvalue weighted by Crippen LogP contribution is -2.22. The molecule has 0 atom stereocenters. The molecule has 0 aliphatic heterocycles. The molecule has 0 fully saturated rings. The van der Waals surface area contributed by atoms with Crippen molar-refractivity contribution in [2.45, 2.75) is 13.5 Å². The van der Waals surface area contributed by atoms with Crippen LogP contribution in [0.15, 0.2) is 17.6 Å². The Morgan fingerprint density at radius 2 is 2.40 bits per heavy atom. The van der Waals surface area contributed by atoms with E-state index in [-0.39, 0.29) is 12.5 Å². The van der Waals surface area contributed by atoms with Crippen LogP contribution in [0.1, 0.15) is 26.5 Å². The Morgan fingerprint density at radius 1 is 1.60 bits per heavy atom. The van der Waals surface area contributed by atoms with Gasteiger partial charge in [0.2, 0.25) is 0 Å². The molecular weight excluding hydrogens is 274 g/mol. The molecule has 104 valence electrons. The SMILES string of the molecule is Cc1c(CNC(=O)c2sccc2C#CCO)cnn1C. The zero-order valence-electron chi connectivity index (χ0n) is 11.3. The van der Waals surface area contributed by atoms with E-state index in [1.165, 1.54) is 11.3 Å². The number of rotatable bonds is 3.